The molecule has 0 bridgehead atoms. The van der Waals surface area contributed by atoms with Crippen molar-refractivity contribution >= 4 is 28.9 Å². The fourth-order valence-electron chi connectivity index (χ4n) is 7.74. The number of carbonyl (C=O) groups excluding carboxylic acids is 1. The number of benzene rings is 1. The summed E-state index contributed by atoms with van der Waals surface area (Å²) < 4.78 is 5.71. The predicted molar refractivity (Wildman–Crippen MR) is 182 cm³/mol. The molecular formula is C35H47N9O2. The smallest absolute Gasteiger partial charge is 0.271 e. The van der Waals surface area contributed by atoms with E-state index in [2.05, 4.69) is 62.1 Å². The molecule has 1 spiro atoms. The second-order valence-corrected chi connectivity index (χ2v) is 13.3. The number of nitrogens with zero attached hydrogens (tertiary/aromatic N) is 7. The zero-order valence-corrected chi connectivity index (χ0v) is 27.2. The molecule has 244 valence electrons. The number of primary amides is 1. The van der Waals surface area contributed by atoms with Gasteiger partial charge in [0.25, 0.3) is 5.91 Å². The molecule has 6 heterocycles. The van der Waals surface area contributed by atoms with Crippen LogP contribution in [0.3, 0.4) is 0 Å². The monoisotopic (exact) mass is 625 g/mol. The fourth-order valence-corrected chi connectivity index (χ4v) is 7.74. The van der Waals surface area contributed by atoms with Crippen molar-refractivity contribution in [1.29, 1.82) is 0 Å². The Labute approximate surface area is 272 Å². The molecule has 0 radical (unpaired) electrons. The number of pyridine rings is 1. The Morgan fingerprint density at radius 1 is 1.00 bits per heavy atom. The normalized spacial score (nSPS) is 20.9. The number of nitrogens with two attached hydrogens (primary N) is 1. The zero-order chi connectivity index (χ0) is 31.7. The lowest BCUT2D eigenvalue weighted by Gasteiger charge is -2.55. The molecule has 0 unspecified atom stereocenters. The number of anilines is 4. The molecule has 0 aliphatic carbocycles. The van der Waals surface area contributed by atoms with Crippen LogP contribution in [0.15, 0.2) is 42.6 Å². The molecule has 11 nitrogen and oxygen atoms in total. The maximum Gasteiger partial charge on any atom is 0.271 e. The SMILES string of the molecule is CCc1cc(Nc2nc(N3CCC34CCOCC4)c(-c3ccccn3)nc2C(N)=O)ccc1N1CCC(N2CCN(C)CC2)CC1. The van der Waals surface area contributed by atoms with Crippen LogP contribution in [-0.2, 0) is 11.2 Å². The van der Waals surface area contributed by atoms with E-state index in [1.807, 2.05) is 18.2 Å². The summed E-state index contributed by atoms with van der Waals surface area (Å²) in [6.07, 6.45) is 7.98. The van der Waals surface area contributed by atoms with Gasteiger partial charge in [0.2, 0.25) is 0 Å². The lowest BCUT2D eigenvalue weighted by molar-refractivity contribution is 0.0285. The number of piperidine rings is 1. The number of hydrogen-bond acceptors (Lipinski definition) is 10. The van der Waals surface area contributed by atoms with Gasteiger partial charge in [0, 0.05) is 88.2 Å². The second-order valence-electron chi connectivity index (χ2n) is 13.3. The second kappa shape index (κ2) is 13.1. The van der Waals surface area contributed by atoms with Crippen LogP contribution in [0, 0.1) is 0 Å². The Hall–Kier alpha value is -3.80. The lowest BCUT2D eigenvalue weighted by atomic mass is 9.78. The summed E-state index contributed by atoms with van der Waals surface area (Å²) in [5.41, 5.74) is 10.7. The Bertz CT molecular complexity index is 1530. The third kappa shape index (κ3) is 6.03. The highest BCUT2D eigenvalue weighted by Gasteiger charge is 2.47. The van der Waals surface area contributed by atoms with Gasteiger partial charge in [-0.3, -0.25) is 14.7 Å². The van der Waals surface area contributed by atoms with Crippen molar-refractivity contribution in [2.24, 2.45) is 5.73 Å². The Morgan fingerprint density at radius 2 is 1.78 bits per heavy atom. The third-order valence-corrected chi connectivity index (χ3v) is 10.7. The van der Waals surface area contributed by atoms with Crippen molar-refractivity contribution in [2.45, 2.75) is 57.0 Å². The van der Waals surface area contributed by atoms with Crippen molar-refractivity contribution in [2.75, 3.05) is 81.2 Å². The van der Waals surface area contributed by atoms with E-state index in [9.17, 15) is 4.79 Å². The molecule has 1 amide bonds. The lowest BCUT2D eigenvalue weighted by Crippen LogP contribution is -2.63. The summed E-state index contributed by atoms with van der Waals surface area (Å²) in [4.78, 5) is 37.4. The van der Waals surface area contributed by atoms with Crippen molar-refractivity contribution in [3.05, 3.63) is 53.9 Å². The van der Waals surface area contributed by atoms with E-state index in [-0.39, 0.29) is 11.2 Å². The van der Waals surface area contributed by atoms with Crippen molar-refractivity contribution in [3.8, 4) is 11.4 Å². The highest BCUT2D eigenvalue weighted by Crippen LogP contribution is 2.45. The number of amides is 1. The van der Waals surface area contributed by atoms with Gasteiger partial charge < -0.3 is 30.5 Å². The minimum atomic E-state index is -0.626. The summed E-state index contributed by atoms with van der Waals surface area (Å²) in [6, 6.07) is 12.9. The minimum Gasteiger partial charge on any atom is -0.381 e. The number of piperazine rings is 1. The first kappa shape index (κ1) is 30.8. The zero-order valence-electron chi connectivity index (χ0n) is 27.2. The third-order valence-electron chi connectivity index (χ3n) is 10.7. The maximum absolute atomic E-state index is 12.8. The van der Waals surface area contributed by atoms with Gasteiger partial charge in [-0.25, -0.2) is 9.97 Å². The van der Waals surface area contributed by atoms with Crippen LogP contribution in [0.5, 0.6) is 0 Å². The number of aryl methyl sites for hydroxylation is 1. The molecule has 4 fully saturated rings. The molecule has 1 aromatic carbocycles. The highest BCUT2D eigenvalue weighted by molar-refractivity contribution is 5.97. The fraction of sp³-hybridized carbons (Fsp3) is 0.543. The largest absolute Gasteiger partial charge is 0.381 e. The van der Waals surface area contributed by atoms with Gasteiger partial charge in [-0.1, -0.05) is 13.0 Å². The number of carbonyl (C=O) groups is 1. The molecule has 7 rings (SSSR count). The Morgan fingerprint density at radius 3 is 2.43 bits per heavy atom. The summed E-state index contributed by atoms with van der Waals surface area (Å²) >= 11 is 0. The summed E-state index contributed by atoms with van der Waals surface area (Å²) in [5.74, 6) is 0.479. The first-order valence-electron chi connectivity index (χ1n) is 17.0. The Kier molecular flexibility index (Phi) is 8.80. The van der Waals surface area contributed by atoms with E-state index in [0.29, 0.717) is 23.2 Å². The van der Waals surface area contributed by atoms with Crippen LogP contribution < -0.4 is 20.9 Å². The molecule has 2 aromatic heterocycles. The minimum absolute atomic E-state index is 0.0171. The van der Waals surface area contributed by atoms with Crippen LogP contribution >= 0.6 is 0 Å². The van der Waals surface area contributed by atoms with Gasteiger partial charge in [-0.15, -0.1) is 0 Å². The van der Waals surface area contributed by atoms with E-state index in [1.54, 1.807) is 6.20 Å². The molecule has 0 saturated carbocycles. The first-order valence-corrected chi connectivity index (χ1v) is 17.0. The highest BCUT2D eigenvalue weighted by atomic mass is 16.5. The number of hydrogen-bond donors (Lipinski definition) is 2. The van der Waals surface area contributed by atoms with Crippen molar-refractivity contribution in [1.82, 2.24) is 24.8 Å². The topological polar surface area (TPSA) is 116 Å². The Balaban J connectivity index is 1.16. The maximum atomic E-state index is 12.8. The van der Waals surface area contributed by atoms with Gasteiger partial charge in [-0.2, -0.15) is 0 Å². The van der Waals surface area contributed by atoms with Crippen LogP contribution in [0.25, 0.3) is 11.4 Å². The van der Waals surface area contributed by atoms with Gasteiger partial charge in [0.15, 0.2) is 17.3 Å². The molecule has 3 N–H and O–H groups in total. The van der Waals surface area contributed by atoms with Gasteiger partial charge >= 0.3 is 0 Å². The first-order chi connectivity index (χ1) is 22.4. The van der Waals surface area contributed by atoms with Gasteiger partial charge in [0.1, 0.15) is 5.69 Å². The predicted octanol–water partition coefficient (Wildman–Crippen LogP) is 3.92. The summed E-state index contributed by atoms with van der Waals surface area (Å²) in [5, 5.41) is 3.45. The number of nitrogens with one attached hydrogen (secondary N) is 1. The number of ether oxygens (including phenoxy) is 1. The average Bonchev–Trinajstić information content (AvgIpc) is 3.09. The standard InChI is InChI=1S/C35H47N9O2/c1-3-25-24-26(7-8-29(25)43-15-9-27(10-16-43)42-20-18-41(2)19-21-42)38-33-31(32(36)45)39-30(28-6-4-5-14-37-28)34(40-33)44-17-11-35(44)12-22-46-23-13-35/h4-8,14,24,27H,3,9-13,15-23H2,1-2H3,(H2,36,45)(H,38,40). The van der Waals surface area contributed by atoms with E-state index in [1.165, 1.54) is 37.2 Å². The van der Waals surface area contributed by atoms with E-state index < -0.39 is 5.91 Å². The van der Waals surface area contributed by atoms with Crippen molar-refractivity contribution < 1.29 is 9.53 Å². The van der Waals surface area contributed by atoms with Crippen molar-refractivity contribution in [3.63, 3.8) is 0 Å². The molecule has 46 heavy (non-hydrogen) atoms. The summed E-state index contributed by atoms with van der Waals surface area (Å²) in [6.45, 7) is 11.3. The van der Waals surface area contributed by atoms with Gasteiger partial charge in [-0.05, 0) is 81.5 Å². The average molecular weight is 626 g/mol. The molecule has 11 heteroatoms. The van der Waals surface area contributed by atoms with E-state index >= 15 is 0 Å². The van der Waals surface area contributed by atoms with Crippen LogP contribution in [-0.4, -0.2) is 108 Å². The summed E-state index contributed by atoms with van der Waals surface area (Å²) in [7, 11) is 2.22. The molecule has 3 aromatic rings. The molecule has 4 aliphatic rings. The van der Waals surface area contributed by atoms with Crippen LogP contribution in [0.1, 0.15) is 55.1 Å². The molecular weight excluding hydrogens is 578 g/mol. The number of likely N-dealkylation sites (N-methyl/N-ethyl adjacent to an activating group) is 1. The number of rotatable bonds is 8. The van der Waals surface area contributed by atoms with Gasteiger partial charge in [0.05, 0.1) is 5.69 Å². The quantitative estimate of drug-likeness (QED) is 0.382. The molecule has 0 atom stereocenters. The number of aromatic nitrogens is 3. The molecule has 4 aliphatic heterocycles. The van der Waals surface area contributed by atoms with Crippen LogP contribution in [0.4, 0.5) is 23.0 Å². The molecule has 4 saturated heterocycles. The van der Waals surface area contributed by atoms with E-state index in [4.69, 9.17) is 20.4 Å². The van der Waals surface area contributed by atoms with Crippen LogP contribution in [0.2, 0.25) is 0 Å². The van der Waals surface area contributed by atoms with E-state index in [0.717, 1.165) is 83.1 Å².